The smallest absolute Gasteiger partial charge is 0.186 e. The molecule has 1 aliphatic carbocycles. The van der Waals surface area contributed by atoms with Crippen molar-refractivity contribution in [1.82, 2.24) is 9.97 Å². The number of nitrogens with zero attached hydrogens (tertiary/aromatic N) is 2. The first-order chi connectivity index (χ1) is 20.5. The number of rotatable bonds is 12. The van der Waals surface area contributed by atoms with Gasteiger partial charge in [0.15, 0.2) is 23.1 Å². The molecule has 0 radical (unpaired) electrons. The molecule has 0 unspecified atom stereocenters. The molecule has 0 fully saturated rings. The Morgan fingerprint density at radius 1 is 0.810 bits per heavy atom. The zero-order valence-electron chi connectivity index (χ0n) is 23.4. The van der Waals surface area contributed by atoms with Crippen LogP contribution in [0.25, 0.3) is 16.5 Å². The van der Waals surface area contributed by atoms with E-state index >= 15 is 0 Å². The molecule has 10 nitrogen and oxygen atoms in total. The van der Waals surface area contributed by atoms with Gasteiger partial charge in [-0.15, -0.1) is 0 Å². The van der Waals surface area contributed by atoms with Crippen molar-refractivity contribution in [2.24, 2.45) is 0 Å². The average molecular weight is 568 g/mol. The van der Waals surface area contributed by atoms with E-state index in [4.69, 9.17) is 23.7 Å². The Balaban J connectivity index is 1.49. The van der Waals surface area contributed by atoms with E-state index in [1.54, 1.807) is 45.6 Å². The number of fused-ring (bicyclic) bond motifs is 1. The lowest BCUT2D eigenvalue weighted by molar-refractivity contribution is -0.113. The molecule has 214 valence electrons. The number of aromatic nitrogens is 2. The molecule has 5 rings (SSSR count). The van der Waals surface area contributed by atoms with E-state index in [0.29, 0.717) is 64.2 Å². The minimum atomic E-state index is -0.295. The SMILES string of the molecule is COCCOc1cc2ncnc(Nc3ccc(OCc4cccc(OC)c4)c(C4=CC(=O)C=CC4=O)c3)c2cc1OC. The van der Waals surface area contributed by atoms with Crippen LogP contribution in [-0.2, 0) is 20.9 Å². The second-order valence-corrected chi connectivity index (χ2v) is 9.22. The fraction of sp³-hybridized carbons (Fsp3) is 0.188. The Kier molecular flexibility index (Phi) is 8.74. The Hall–Kier alpha value is -5.22. The molecule has 0 spiro atoms. The summed E-state index contributed by atoms with van der Waals surface area (Å²) in [6, 6.07) is 16.4. The van der Waals surface area contributed by atoms with Crippen LogP contribution in [-0.4, -0.2) is 56.1 Å². The topological polar surface area (TPSA) is 118 Å². The average Bonchev–Trinajstić information content (AvgIpc) is 3.01. The summed E-state index contributed by atoms with van der Waals surface area (Å²) < 4.78 is 27.9. The molecule has 0 saturated heterocycles. The summed E-state index contributed by atoms with van der Waals surface area (Å²) in [5.41, 5.74) is 2.84. The largest absolute Gasteiger partial charge is 0.497 e. The molecular weight excluding hydrogens is 538 g/mol. The standard InChI is InChI=1S/C32H29N3O7/c1-38-11-12-41-31-17-27-26(16-30(31)40-3)32(34-19-33-27)35-21-7-10-29(42-18-20-5-4-6-23(13-20)39-2)25(14-21)24-15-22(36)8-9-28(24)37/h4-10,13-17,19H,11-12,18H2,1-3H3,(H,33,34,35). The molecule has 0 aliphatic heterocycles. The molecule has 0 bridgehead atoms. The number of carbonyl (C=O) groups excluding carboxylic acids is 2. The lowest BCUT2D eigenvalue weighted by Gasteiger charge is -2.17. The molecule has 1 aliphatic rings. The molecule has 0 saturated carbocycles. The zero-order valence-corrected chi connectivity index (χ0v) is 23.4. The van der Waals surface area contributed by atoms with E-state index in [1.165, 1.54) is 24.6 Å². The number of nitrogens with one attached hydrogen (secondary N) is 1. The van der Waals surface area contributed by atoms with Gasteiger partial charge in [-0.25, -0.2) is 9.97 Å². The lowest BCUT2D eigenvalue weighted by Crippen LogP contribution is -2.09. The number of methoxy groups -OCH3 is 3. The highest BCUT2D eigenvalue weighted by atomic mass is 16.5. The Labute approximate surface area is 242 Å². The monoisotopic (exact) mass is 567 g/mol. The molecular formula is C32H29N3O7. The number of hydrogen-bond donors (Lipinski definition) is 1. The number of ketones is 2. The summed E-state index contributed by atoms with van der Waals surface area (Å²) in [5.74, 6) is 2.14. The quantitative estimate of drug-likeness (QED) is 0.183. The summed E-state index contributed by atoms with van der Waals surface area (Å²) >= 11 is 0. The van der Waals surface area contributed by atoms with Crippen molar-refractivity contribution in [2.45, 2.75) is 6.61 Å². The molecule has 0 atom stereocenters. The van der Waals surface area contributed by atoms with E-state index in [0.717, 1.165) is 5.56 Å². The number of ether oxygens (including phenoxy) is 5. The van der Waals surface area contributed by atoms with Gasteiger partial charge < -0.3 is 29.0 Å². The van der Waals surface area contributed by atoms with Crippen molar-refractivity contribution in [2.75, 3.05) is 39.9 Å². The van der Waals surface area contributed by atoms with Gasteiger partial charge in [0.2, 0.25) is 0 Å². The minimum Gasteiger partial charge on any atom is -0.497 e. The van der Waals surface area contributed by atoms with Gasteiger partial charge in [0.05, 0.1) is 26.3 Å². The first-order valence-electron chi connectivity index (χ1n) is 13.1. The third-order valence-corrected chi connectivity index (χ3v) is 6.48. The summed E-state index contributed by atoms with van der Waals surface area (Å²) in [7, 11) is 4.76. The molecule has 0 amide bonds. The van der Waals surface area contributed by atoms with E-state index in [2.05, 4.69) is 15.3 Å². The summed E-state index contributed by atoms with van der Waals surface area (Å²) in [6.07, 6.45) is 5.27. The van der Waals surface area contributed by atoms with Gasteiger partial charge in [0, 0.05) is 35.4 Å². The Morgan fingerprint density at radius 3 is 2.50 bits per heavy atom. The zero-order chi connectivity index (χ0) is 29.5. The van der Waals surface area contributed by atoms with Crippen LogP contribution in [0.3, 0.4) is 0 Å². The number of allylic oxidation sites excluding steroid dienone is 4. The lowest BCUT2D eigenvalue weighted by atomic mass is 9.95. The molecule has 4 aromatic rings. The highest BCUT2D eigenvalue weighted by Crippen LogP contribution is 2.37. The van der Waals surface area contributed by atoms with E-state index < -0.39 is 0 Å². The number of anilines is 2. The third kappa shape index (κ3) is 6.39. The van der Waals surface area contributed by atoms with E-state index in [-0.39, 0.29) is 23.7 Å². The second kappa shape index (κ2) is 13.0. The number of carbonyl (C=O) groups is 2. The first-order valence-corrected chi connectivity index (χ1v) is 13.1. The van der Waals surface area contributed by atoms with Gasteiger partial charge in [-0.1, -0.05) is 12.1 Å². The molecule has 1 N–H and O–H groups in total. The predicted molar refractivity (Wildman–Crippen MR) is 158 cm³/mol. The van der Waals surface area contributed by atoms with Crippen LogP contribution in [0.15, 0.2) is 79.2 Å². The van der Waals surface area contributed by atoms with Crippen molar-refractivity contribution in [3.63, 3.8) is 0 Å². The van der Waals surface area contributed by atoms with Gasteiger partial charge in [-0.3, -0.25) is 9.59 Å². The highest BCUT2D eigenvalue weighted by molar-refractivity contribution is 6.34. The van der Waals surface area contributed by atoms with Gasteiger partial charge in [0.1, 0.15) is 36.9 Å². The Morgan fingerprint density at radius 2 is 1.69 bits per heavy atom. The van der Waals surface area contributed by atoms with Gasteiger partial charge in [-0.2, -0.15) is 0 Å². The fourth-order valence-electron chi connectivity index (χ4n) is 4.39. The van der Waals surface area contributed by atoms with Gasteiger partial charge in [0.25, 0.3) is 0 Å². The highest BCUT2D eigenvalue weighted by Gasteiger charge is 2.20. The van der Waals surface area contributed by atoms with Crippen molar-refractivity contribution in [1.29, 1.82) is 0 Å². The molecule has 1 aromatic heterocycles. The number of benzene rings is 3. The van der Waals surface area contributed by atoms with Crippen LogP contribution < -0.4 is 24.3 Å². The van der Waals surface area contributed by atoms with Crippen molar-refractivity contribution >= 4 is 39.5 Å². The minimum absolute atomic E-state index is 0.230. The second-order valence-electron chi connectivity index (χ2n) is 9.22. The van der Waals surface area contributed by atoms with Crippen LogP contribution in [0.5, 0.6) is 23.0 Å². The predicted octanol–water partition coefficient (Wildman–Crippen LogP) is 5.09. The molecule has 42 heavy (non-hydrogen) atoms. The van der Waals surface area contributed by atoms with Crippen LogP contribution in [0, 0.1) is 0 Å². The van der Waals surface area contributed by atoms with Crippen LogP contribution >= 0.6 is 0 Å². The summed E-state index contributed by atoms with van der Waals surface area (Å²) in [6.45, 7) is 1.02. The number of hydrogen-bond acceptors (Lipinski definition) is 10. The van der Waals surface area contributed by atoms with Gasteiger partial charge in [-0.05, 0) is 60.2 Å². The van der Waals surface area contributed by atoms with E-state index in [9.17, 15) is 9.59 Å². The normalized spacial score (nSPS) is 12.7. The van der Waals surface area contributed by atoms with Crippen LogP contribution in [0.4, 0.5) is 11.5 Å². The first kappa shape index (κ1) is 28.3. The molecule has 3 aromatic carbocycles. The van der Waals surface area contributed by atoms with Crippen molar-refractivity contribution in [3.05, 3.63) is 90.3 Å². The molecule has 10 heteroatoms. The van der Waals surface area contributed by atoms with Crippen LogP contribution in [0.2, 0.25) is 0 Å². The van der Waals surface area contributed by atoms with Crippen molar-refractivity contribution in [3.8, 4) is 23.0 Å². The Bertz CT molecular complexity index is 1700. The maximum atomic E-state index is 12.8. The summed E-state index contributed by atoms with van der Waals surface area (Å²) in [4.78, 5) is 33.9. The van der Waals surface area contributed by atoms with Crippen molar-refractivity contribution < 1.29 is 33.3 Å². The summed E-state index contributed by atoms with van der Waals surface area (Å²) in [5, 5.41) is 4.00. The van der Waals surface area contributed by atoms with E-state index in [1.807, 2.05) is 30.3 Å². The molecule has 1 heterocycles. The maximum Gasteiger partial charge on any atom is 0.186 e. The third-order valence-electron chi connectivity index (χ3n) is 6.48. The fourth-order valence-corrected chi connectivity index (χ4v) is 4.39. The van der Waals surface area contributed by atoms with Gasteiger partial charge >= 0.3 is 0 Å². The maximum absolute atomic E-state index is 12.8. The van der Waals surface area contributed by atoms with Crippen LogP contribution in [0.1, 0.15) is 11.1 Å².